The van der Waals surface area contributed by atoms with Crippen molar-refractivity contribution in [2.45, 2.75) is 31.7 Å². The fraction of sp³-hybridized carbons (Fsp3) is 0.667. The van der Waals surface area contributed by atoms with E-state index in [2.05, 4.69) is 31.1 Å². The molecular weight excluding hydrogens is 342 g/mol. The summed E-state index contributed by atoms with van der Waals surface area (Å²) >= 11 is 0. The van der Waals surface area contributed by atoms with Gasteiger partial charge >= 0.3 is 0 Å². The Morgan fingerprint density at radius 3 is 2.48 bits per heavy atom. The largest absolute Gasteiger partial charge is 0.341 e. The SMILES string of the molecule is CC(NS(C)(=O)=O)c1nnc(N2CCC(c3cnn(C)c3)CC2)n1C. The first kappa shape index (κ1) is 17.9. The molecule has 2 aromatic rings. The Hall–Kier alpha value is -1.94. The van der Waals surface area contributed by atoms with E-state index in [1.54, 1.807) is 6.92 Å². The van der Waals surface area contributed by atoms with Crippen molar-refractivity contribution in [2.75, 3.05) is 24.2 Å². The van der Waals surface area contributed by atoms with Gasteiger partial charge in [-0.05, 0) is 31.2 Å². The minimum Gasteiger partial charge on any atom is -0.341 e. The molecule has 0 aliphatic carbocycles. The van der Waals surface area contributed by atoms with Crippen LogP contribution in [0.4, 0.5) is 5.95 Å². The standard InChI is InChI=1S/C15H25N7O2S/c1-11(19-25(4,23)24)14-17-18-15(21(14)3)22-7-5-12(6-8-22)13-9-16-20(2)10-13/h9-12,19H,5-8H2,1-4H3. The Morgan fingerprint density at radius 1 is 1.24 bits per heavy atom. The van der Waals surface area contributed by atoms with Crippen LogP contribution in [0, 0.1) is 0 Å². The fourth-order valence-corrected chi connectivity index (χ4v) is 4.17. The Labute approximate surface area is 148 Å². The third-order valence-electron chi connectivity index (χ3n) is 4.64. The maximum absolute atomic E-state index is 11.4. The summed E-state index contributed by atoms with van der Waals surface area (Å²) < 4.78 is 29.1. The third kappa shape index (κ3) is 4.01. The molecule has 9 nitrogen and oxygen atoms in total. The van der Waals surface area contributed by atoms with Crippen molar-refractivity contribution in [1.82, 2.24) is 29.3 Å². The average molecular weight is 367 g/mol. The number of hydrogen-bond donors (Lipinski definition) is 1. The summed E-state index contributed by atoms with van der Waals surface area (Å²) in [6, 6.07) is -0.422. The number of anilines is 1. The molecule has 1 aliphatic heterocycles. The zero-order chi connectivity index (χ0) is 18.2. The zero-order valence-corrected chi connectivity index (χ0v) is 15.9. The Balaban J connectivity index is 1.68. The molecule has 3 rings (SSSR count). The Bertz CT molecular complexity index is 834. The summed E-state index contributed by atoms with van der Waals surface area (Å²) in [6.45, 7) is 3.54. The molecule has 0 amide bonds. The number of sulfonamides is 1. The van der Waals surface area contributed by atoms with Crippen molar-refractivity contribution in [1.29, 1.82) is 0 Å². The normalized spacial score (nSPS) is 17.8. The highest BCUT2D eigenvalue weighted by molar-refractivity contribution is 7.88. The van der Waals surface area contributed by atoms with Gasteiger partial charge in [0.25, 0.3) is 0 Å². The minimum absolute atomic E-state index is 0.422. The highest BCUT2D eigenvalue weighted by atomic mass is 32.2. The van der Waals surface area contributed by atoms with Crippen molar-refractivity contribution in [2.24, 2.45) is 14.1 Å². The highest BCUT2D eigenvalue weighted by Gasteiger charge is 2.26. The second-order valence-electron chi connectivity index (χ2n) is 6.74. The summed E-state index contributed by atoms with van der Waals surface area (Å²) in [7, 11) is 0.517. The zero-order valence-electron chi connectivity index (χ0n) is 15.0. The van der Waals surface area contributed by atoms with Crippen LogP contribution in [0.25, 0.3) is 0 Å². The Kier molecular flexibility index (Phi) is 4.83. The summed E-state index contributed by atoms with van der Waals surface area (Å²) in [5.41, 5.74) is 1.28. The van der Waals surface area contributed by atoms with Gasteiger partial charge in [0, 0.05) is 33.4 Å². The second-order valence-corrected chi connectivity index (χ2v) is 8.52. The number of hydrogen-bond acceptors (Lipinski definition) is 6. The summed E-state index contributed by atoms with van der Waals surface area (Å²) in [5, 5.41) is 12.7. The van der Waals surface area contributed by atoms with Crippen LogP contribution in [0.1, 0.15) is 43.1 Å². The molecule has 0 saturated carbocycles. The molecule has 2 aromatic heterocycles. The molecule has 0 radical (unpaired) electrons. The van der Waals surface area contributed by atoms with E-state index in [1.807, 2.05) is 29.5 Å². The number of rotatable bonds is 5. The summed E-state index contributed by atoms with van der Waals surface area (Å²) in [6.07, 6.45) is 7.23. The van der Waals surface area contributed by atoms with Crippen LogP contribution >= 0.6 is 0 Å². The lowest BCUT2D eigenvalue weighted by molar-refractivity contribution is 0.494. The van der Waals surface area contributed by atoms with Crippen LogP contribution in [-0.4, -0.2) is 52.3 Å². The van der Waals surface area contributed by atoms with Crippen molar-refractivity contribution >= 4 is 16.0 Å². The Morgan fingerprint density at radius 2 is 1.92 bits per heavy atom. The van der Waals surface area contributed by atoms with Crippen LogP contribution in [0.3, 0.4) is 0 Å². The predicted octanol–water partition coefficient (Wildman–Crippen LogP) is 0.543. The van der Waals surface area contributed by atoms with E-state index in [0.29, 0.717) is 11.7 Å². The third-order valence-corrected chi connectivity index (χ3v) is 5.42. The molecule has 1 aliphatic rings. The van der Waals surface area contributed by atoms with Crippen molar-refractivity contribution in [3.63, 3.8) is 0 Å². The van der Waals surface area contributed by atoms with Crippen molar-refractivity contribution in [3.8, 4) is 0 Å². The predicted molar refractivity (Wildman–Crippen MR) is 94.8 cm³/mol. The van der Waals surface area contributed by atoms with E-state index in [1.165, 1.54) is 5.56 Å². The van der Waals surface area contributed by atoms with E-state index in [-0.39, 0.29) is 0 Å². The van der Waals surface area contributed by atoms with Crippen molar-refractivity contribution in [3.05, 3.63) is 23.8 Å². The van der Waals surface area contributed by atoms with Gasteiger partial charge in [-0.1, -0.05) is 0 Å². The van der Waals surface area contributed by atoms with Gasteiger partial charge in [-0.25, -0.2) is 13.1 Å². The molecule has 138 valence electrons. The molecule has 1 atom stereocenters. The molecule has 25 heavy (non-hydrogen) atoms. The smallest absolute Gasteiger partial charge is 0.227 e. The molecule has 0 aromatic carbocycles. The quantitative estimate of drug-likeness (QED) is 0.828. The number of nitrogens with one attached hydrogen (secondary N) is 1. The van der Waals surface area contributed by atoms with E-state index >= 15 is 0 Å². The van der Waals surface area contributed by atoms with Gasteiger partial charge in [0.15, 0.2) is 5.82 Å². The van der Waals surface area contributed by atoms with Gasteiger partial charge in [-0.2, -0.15) is 5.10 Å². The van der Waals surface area contributed by atoms with Crippen molar-refractivity contribution < 1.29 is 8.42 Å². The summed E-state index contributed by atoms with van der Waals surface area (Å²) in [5.74, 6) is 1.90. The molecular formula is C15H25N7O2S. The van der Waals surface area contributed by atoms with Crippen LogP contribution in [0.15, 0.2) is 12.4 Å². The molecule has 1 unspecified atom stereocenters. The minimum atomic E-state index is -3.29. The van der Waals surface area contributed by atoms with E-state index < -0.39 is 16.1 Å². The average Bonchev–Trinajstić information content (AvgIpc) is 3.12. The first-order valence-corrected chi connectivity index (χ1v) is 10.2. The molecule has 0 bridgehead atoms. The number of aromatic nitrogens is 5. The number of nitrogens with zero attached hydrogens (tertiary/aromatic N) is 6. The van der Waals surface area contributed by atoms with Gasteiger partial charge in [0.1, 0.15) is 0 Å². The molecule has 1 fully saturated rings. The topological polar surface area (TPSA) is 97.9 Å². The monoisotopic (exact) mass is 367 g/mol. The molecule has 10 heteroatoms. The second kappa shape index (κ2) is 6.75. The maximum Gasteiger partial charge on any atom is 0.227 e. The number of aryl methyl sites for hydroxylation is 1. The molecule has 0 spiro atoms. The first-order valence-electron chi connectivity index (χ1n) is 8.34. The van der Waals surface area contributed by atoms with Gasteiger partial charge in [0.2, 0.25) is 16.0 Å². The molecule has 1 saturated heterocycles. The van der Waals surface area contributed by atoms with Gasteiger partial charge in [-0.15, -0.1) is 10.2 Å². The lowest BCUT2D eigenvalue weighted by Crippen LogP contribution is -2.35. The van der Waals surface area contributed by atoms with E-state index in [0.717, 1.165) is 38.1 Å². The lowest BCUT2D eigenvalue weighted by atomic mass is 9.92. The molecule has 1 N–H and O–H groups in total. The lowest BCUT2D eigenvalue weighted by Gasteiger charge is -2.32. The maximum atomic E-state index is 11.4. The van der Waals surface area contributed by atoms with E-state index in [9.17, 15) is 8.42 Å². The number of piperidine rings is 1. The molecule has 3 heterocycles. The van der Waals surface area contributed by atoms with Crippen LogP contribution < -0.4 is 9.62 Å². The summed E-state index contributed by atoms with van der Waals surface area (Å²) in [4.78, 5) is 2.20. The van der Waals surface area contributed by atoms with E-state index in [4.69, 9.17) is 0 Å². The van der Waals surface area contributed by atoms with Crippen LogP contribution in [-0.2, 0) is 24.1 Å². The van der Waals surface area contributed by atoms with Crippen LogP contribution in [0.2, 0.25) is 0 Å². The van der Waals surface area contributed by atoms with Gasteiger partial charge in [-0.3, -0.25) is 9.25 Å². The highest BCUT2D eigenvalue weighted by Crippen LogP contribution is 2.30. The first-order chi connectivity index (χ1) is 11.7. The fourth-order valence-electron chi connectivity index (χ4n) is 3.42. The van der Waals surface area contributed by atoms with Gasteiger partial charge < -0.3 is 4.90 Å². The van der Waals surface area contributed by atoms with Crippen LogP contribution in [0.5, 0.6) is 0 Å². The van der Waals surface area contributed by atoms with Gasteiger partial charge in [0.05, 0.1) is 18.5 Å².